The van der Waals surface area contributed by atoms with Gasteiger partial charge in [-0.3, -0.25) is 4.90 Å². The van der Waals surface area contributed by atoms with Gasteiger partial charge in [-0.15, -0.1) is 12.4 Å². The molecule has 0 bridgehead atoms. The quantitative estimate of drug-likeness (QED) is 0.900. The highest BCUT2D eigenvalue weighted by molar-refractivity contribution is 9.10. The summed E-state index contributed by atoms with van der Waals surface area (Å²) in [5.41, 5.74) is 1.04. The largest absolute Gasteiger partial charge is 0.314 e. The summed E-state index contributed by atoms with van der Waals surface area (Å²) in [7, 11) is 0. The van der Waals surface area contributed by atoms with Crippen molar-refractivity contribution in [3.63, 3.8) is 0 Å². The molecule has 0 amide bonds. The van der Waals surface area contributed by atoms with Crippen molar-refractivity contribution in [2.75, 3.05) is 26.2 Å². The van der Waals surface area contributed by atoms with Gasteiger partial charge >= 0.3 is 0 Å². The van der Waals surface area contributed by atoms with E-state index in [0.717, 1.165) is 31.7 Å². The Morgan fingerprint density at radius 2 is 2.00 bits per heavy atom. The lowest BCUT2D eigenvalue weighted by Crippen LogP contribution is -2.44. The van der Waals surface area contributed by atoms with Crippen LogP contribution in [0.3, 0.4) is 0 Å². The highest BCUT2D eigenvalue weighted by Gasteiger charge is 2.18. The zero-order chi connectivity index (χ0) is 11.5. The molecule has 0 aromatic heterocycles. The highest BCUT2D eigenvalue weighted by Crippen LogP contribution is 2.24. The summed E-state index contributed by atoms with van der Waals surface area (Å²) >= 11 is 3.18. The van der Waals surface area contributed by atoms with Crippen LogP contribution in [-0.4, -0.2) is 31.1 Å². The lowest BCUT2D eigenvalue weighted by Gasteiger charge is -2.33. The Labute approximate surface area is 116 Å². The molecule has 1 aliphatic heterocycles. The topological polar surface area (TPSA) is 15.3 Å². The van der Waals surface area contributed by atoms with Crippen LogP contribution >= 0.6 is 28.3 Å². The number of benzene rings is 1. The summed E-state index contributed by atoms with van der Waals surface area (Å²) in [5.74, 6) is -0.181. The Morgan fingerprint density at radius 1 is 1.35 bits per heavy atom. The van der Waals surface area contributed by atoms with Crippen molar-refractivity contribution in [2.45, 2.75) is 13.0 Å². The molecule has 1 fully saturated rings. The van der Waals surface area contributed by atoms with Crippen molar-refractivity contribution in [3.8, 4) is 0 Å². The van der Waals surface area contributed by atoms with Crippen LogP contribution in [0, 0.1) is 5.82 Å². The van der Waals surface area contributed by atoms with Crippen LogP contribution in [0.4, 0.5) is 4.39 Å². The average molecular weight is 324 g/mol. The first kappa shape index (κ1) is 14.9. The summed E-state index contributed by atoms with van der Waals surface area (Å²) < 4.78 is 14.0. The minimum absolute atomic E-state index is 0. The lowest BCUT2D eigenvalue weighted by atomic mass is 10.1. The standard InChI is InChI=1S/C12H16BrFN2.ClH/c1-9(16-6-4-15-5-7-16)10-2-3-11(13)12(14)8-10;/h2-3,8-9,15H,4-7H2,1H3;1H/t9-;/m1./s1. The van der Waals surface area contributed by atoms with Crippen LogP contribution in [0.2, 0.25) is 0 Å². The van der Waals surface area contributed by atoms with E-state index >= 15 is 0 Å². The van der Waals surface area contributed by atoms with Gasteiger partial charge in [0.05, 0.1) is 4.47 Å². The first-order valence-electron chi connectivity index (χ1n) is 5.58. The van der Waals surface area contributed by atoms with Gasteiger partial charge in [-0.05, 0) is 40.5 Å². The summed E-state index contributed by atoms with van der Waals surface area (Å²) in [4.78, 5) is 2.37. The van der Waals surface area contributed by atoms with Crippen molar-refractivity contribution in [1.29, 1.82) is 0 Å². The van der Waals surface area contributed by atoms with Crippen molar-refractivity contribution < 1.29 is 4.39 Å². The third-order valence-electron chi connectivity index (χ3n) is 3.13. The lowest BCUT2D eigenvalue weighted by molar-refractivity contribution is 0.185. The van der Waals surface area contributed by atoms with E-state index in [2.05, 4.69) is 33.1 Å². The van der Waals surface area contributed by atoms with Crippen molar-refractivity contribution in [1.82, 2.24) is 10.2 Å². The predicted molar refractivity (Wildman–Crippen MR) is 74.2 cm³/mol. The molecule has 0 spiro atoms. The van der Waals surface area contributed by atoms with Crippen LogP contribution in [0.1, 0.15) is 18.5 Å². The van der Waals surface area contributed by atoms with E-state index in [1.807, 2.05) is 6.07 Å². The van der Waals surface area contributed by atoms with Crippen LogP contribution in [-0.2, 0) is 0 Å². The Kier molecular flexibility index (Phi) is 5.86. The third kappa shape index (κ3) is 3.65. The molecule has 1 saturated heterocycles. The minimum atomic E-state index is -0.181. The van der Waals surface area contributed by atoms with E-state index < -0.39 is 0 Å². The molecule has 1 atom stereocenters. The smallest absolute Gasteiger partial charge is 0.137 e. The van der Waals surface area contributed by atoms with E-state index in [4.69, 9.17) is 0 Å². The fourth-order valence-corrected chi connectivity index (χ4v) is 2.30. The molecule has 96 valence electrons. The zero-order valence-electron chi connectivity index (χ0n) is 9.75. The molecule has 0 saturated carbocycles. The molecular formula is C12H17BrClFN2. The van der Waals surface area contributed by atoms with E-state index in [1.54, 1.807) is 12.1 Å². The fraction of sp³-hybridized carbons (Fsp3) is 0.500. The Hall–Kier alpha value is -0.160. The Balaban J connectivity index is 0.00000144. The van der Waals surface area contributed by atoms with Gasteiger partial charge < -0.3 is 5.32 Å². The molecule has 1 aliphatic rings. The molecule has 2 rings (SSSR count). The van der Waals surface area contributed by atoms with E-state index in [1.165, 1.54) is 0 Å². The third-order valence-corrected chi connectivity index (χ3v) is 3.77. The molecule has 17 heavy (non-hydrogen) atoms. The summed E-state index contributed by atoms with van der Waals surface area (Å²) in [5, 5.41) is 3.32. The van der Waals surface area contributed by atoms with E-state index in [-0.39, 0.29) is 24.3 Å². The van der Waals surface area contributed by atoms with Gasteiger partial charge in [0.2, 0.25) is 0 Å². The Morgan fingerprint density at radius 3 is 2.59 bits per heavy atom. The molecule has 1 aromatic carbocycles. The first-order chi connectivity index (χ1) is 7.68. The number of nitrogens with one attached hydrogen (secondary N) is 1. The summed E-state index contributed by atoms with van der Waals surface area (Å²) in [6.45, 7) is 6.22. The maximum atomic E-state index is 13.4. The van der Waals surface area contributed by atoms with Gasteiger partial charge in [0.1, 0.15) is 5.82 Å². The minimum Gasteiger partial charge on any atom is -0.314 e. The maximum absolute atomic E-state index is 13.4. The van der Waals surface area contributed by atoms with Crippen LogP contribution in [0.25, 0.3) is 0 Å². The average Bonchev–Trinajstić information content (AvgIpc) is 2.33. The molecule has 0 unspecified atom stereocenters. The summed E-state index contributed by atoms with van der Waals surface area (Å²) in [6, 6.07) is 5.67. The van der Waals surface area contributed by atoms with Gasteiger partial charge in [0.25, 0.3) is 0 Å². The first-order valence-corrected chi connectivity index (χ1v) is 6.37. The van der Waals surface area contributed by atoms with Crippen molar-refractivity contribution in [2.24, 2.45) is 0 Å². The van der Waals surface area contributed by atoms with Gasteiger partial charge in [0.15, 0.2) is 0 Å². The van der Waals surface area contributed by atoms with Crippen molar-refractivity contribution in [3.05, 3.63) is 34.1 Å². The molecule has 2 nitrogen and oxygen atoms in total. The number of hydrogen-bond acceptors (Lipinski definition) is 2. The number of halogens is 3. The summed E-state index contributed by atoms with van der Waals surface area (Å²) in [6.07, 6.45) is 0. The number of rotatable bonds is 2. The second-order valence-corrected chi connectivity index (χ2v) is 4.99. The molecule has 5 heteroatoms. The highest BCUT2D eigenvalue weighted by atomic mass is 79.9. The second-order valence-electron chi connectivity index (χ2n) is 4.14. The van der Waals surface area contributed by atoms with Gasteiger partial charge in [-0.1, -0.05) is 6.07 Å². The molecule has 1 N–H and O–H groups in total. The van der Waals surface area contributed by atoms with Crippen molar-refractivity contribution >= 4 is 28.3 Å². The molecule has 0 radical (unpaired) electrons. The van der Waals surface area contributed by atoms with Gasteiger partial charge in [-0.25, -0.2) is 4.39 Å². The second kappa shape index (κ2) is 6.69. The van der Waals surface area contributed by atoms with E-state index in [9.17, 15) is 4.39 Å². The van der Waals surface area contributed by atoms with Gasteiger partial charge in [-0.2, -0.15) is 0 Å². The number of hydrogen-bond donors (Lipinski definition) is 1. The fourth-order valence-electron chi connectivity index (χ4n) is 2.05. The van der Waals surface area contributed by atoms with Crippen LogP contribution in [0.5, 0.6) is 0 Å². The number of nitrogens with zero attached hydrogens (tertiary/aromatic N) is 1. The Bertz CT molecular complexity index is 370. The monoisotopic (exact) mass is 322 g/mol. The van der Waals surface area contributed by atoms with Gasteiger partial charge in [0, 0.05) is 32.2 Å². The molecule has 0 aliphatic carbocycles. The normalized spacial score (nSPS) is 18.5. The molecular weight excluding hydrogens is 307 g/mol. The van der Waals surface area contributed by atoms with Crippen LogP contribution in [0.15, 0.2) is 22.7 Å². The SMILES string of the molecule is C[C@H](c1ccc(Br)c(F)c1)N1CCNCC1.Cl. The predicted octanol–water partition coefficient (Wildman–Crippen LogP) is 2.98. The molecule has 1 heterocycles. The zero-order valence-corrected chi connectivity index (χ0v) is 12.2. The van der Waals surface area contributed by atoms with Crippen LogP contribution < -0.4 is 5.32 Å². The molecule has 1 aromatic rings. The van der Waals surface area contributed by atoms with E-state index in [0.29, 0.717) is 4.47 Å². The number of piperazine rings is 1. The maximum Gasteiger partial charge on any atom is 0.137 e.